The van der Waals surface area contributed by atoms with Gasteiger partial charge in [0.25, 0.3) is 5.91 Å². The monoisotopic (exact) mass is 422 g/mol. The lowest BCUT2D eigenvalue weighted by atomic mass is 10.2. The Labute approximate surface area is 170 Å². The average molecular weight is 423 g/mol. The number of hydrogen-bond acceptors (Lipinski definition) is 4. The van der Waals surface area contributed by atoms with Gasteiger partial charge >= 0.3 is 0 Å². The number of carbonyl (C=O) groups is 2. The predicted octanol–water partition coefficient (Wildman–Crippen LogP) is 5.36. The molecule has 3 rings (SSSR count). The van der Waals surface area contributed by atoms with Crippen LogP contribution in [0.3, 0.4) is 0 Å². The minimum absolute atomic E-state index is 0.161. The van der Waals surface area contributed by atoms with E-state index in [4.69, 9.17) is 35.4 Å². The molecular formula is C18H12Cl2N2O2S2. The molecule has 1 aliphatic heterocycles. The molecule has 0 atom stereocenters. The van der Waals surface area contributed by atoms with Crippen LogP contribution in [0.5, 0.6) is 0 Å². The van der Waals surface area contributed by atoms with Gasteiger partial charge in [-0.05, 0) is 48.0 Å². The molecule has 0 radical (unpaired) electrons. The maximum atomic E-state index is 12.8. The van der Waals surface area contributed by atoms with Gasteiger partial charge in [-0.25, -0.2) is 0 Å². The summed E-state index contributed by atoms with van der Waals surface area (Å²) in [5.41, 5.74) is 1.97. The highest BCUT2D eigenvalue weighted by atomic mass is 35.5. The van der Waals surface area contributed by atoms with Crippen LogP contribution in [-0.2, 0) is 9.59 Å². The van der Waals surface area contributed by atoms with Crippen LogP contribution in [0.15, 0.2) is 47.4 Å². The van der Waals surface area contributed by atoms with Crippen molar-refractivity contribution < 1.29 is 9.59 Å². The van der Waals surface area contributed by atoms with E-state index in [1.54, 1.807) is 48.5 Å². The Kier molecular flexibility index (Phi) is 5.67. The second-order valence-electron chi connectivity index (χ2n) is 5.41. The molecule has 1 heterocycles. The van der Waals surface area contributed by atoms with Crippen molar-refractivity contribution in [3.63, 3.8) is 0 Å². The van der Waals surface area contributed by atoms with Gasteiger partial charge in [0.2, 0.25) is 5.91 Å². The minimum atomic E-state index is -0.224. The van der Waals surface area contributed by atoms with E-state index in [-0.39, 0.29) is 11.8 Å². The number of thiocarbonyl (C=S) groups is 1. The first-order valence-electron chi connectivity index (χ1n) is 7.46. The Bertz CT molecular complexity index is 943. The second kappa shape index (κ2) is 7.80. The molecule has 1 aliphatic rings. The number of anilines is 2. The highest BCUT2D eigenvalue weighted by Crippen LogP contribution is 2.37. The van der Waals surface area contributed by atoms with E-state index in [0.717, 1.165) is 0 Å². The highest BCUT2D eigenvalue weighted by Gasteiger charge is 2.33. The fourth-order valence-corrected chi connectivity index (χ4v) is 4.10. The van der Waals surface area contributed by atoms with Gasteiger partial charge in [0.15, 0.2) is 4.32 Å². The van der Waals surface area contributed by atoms with Crippen molar-refractivity contribution >= 4 is 80.8 Å². The largest absolute Gasteiger partial charge is 0.326 e. The third kappa shape index (κ3) is 4.10. The molecule has 0 unspecified atom stereocenters. The lowest BCUT2D eigenvalue weighted by molar-refractivity contribution is -0.114. The van der Waals surface area contributed by atoms with Gasteiger partial charge in [-0.3, -0.25) is 14.5 Å². The lowest BCUT2D eigenvalue weighted by Crippen LogP contribution is -2.27. The van der Waals surface area contributed by atoms with Crippen LogP contribution in [0.25, 0.3) is 6.08 Å². The van der Waals surface area contributed by atoms with Crippen molar-refractivity contribution in [2.45, 2.75) is 6.92 Å². The summed E-state index contributed by atoms with van der Waals surface area (Å²) in [7, 11) is 0. The van der Waals surface area contributed by atoms with Gasteiger partial charge in [-0.1, -0.05) is 53.2 Å². The topological polar surface area (TPSA) is 49.4 Å². The van der Waals surface area contributed by atoms with Gasteiger partial charge in [-0.15, -0.1) is 0 Å². The molecule has 2 aromatic rings. The van der Waals surface area contributed by atoms with Crippen LogP contribution in [-0.4, -0.2) is 16.1 Å². The van der Waals surface area contributed by atoms with Crippen molar-refractivity contribution in [2.24, 2.45) is 0 Å². The van der Waals surface area contributed by atoms with E-state index in [0.29, 0.717) is 36.2 Å². The molecule has 1 saturated heterocycles. The fourth-order valence-electron chi connectivity index (χ4n) is 2.35. The van der Waals surface area contributed by atoms with Crippen LogP contribution in [0.2, 0.25) is 10.0 Å². The number of rotatable bonds is 3. The normalized spacial score (nSPS) is 15.7. The molecule has 4 nitrogen and oxygen atoms in total. The zero-order chi connectivity index (χ0) is 18.8. The van der Waals surface area contributed by atoms with E-state index in [1.165, 1.54) is 23.6 Å². The van der Waals surface area contributed by atoms with Gasteiger partial charge < -0.3 is 5.32 Å². The number of amides is 2. The van der Waals surface area contributed by atoms with E-state index < -0.39 is 0 Å². The third-order valence-corrected chi connectivity index (χ3v) is 5.35. The van der Waals surface area contributed by atoms with Gasteiger partial charge in [0.1, 0.15) is 0 Å². The minimum Gasteiger partial charge on any atom is -0.326 e. The summed E-state index contributed by atoms with van der Waals surface area (Å²) in [6.45, 7) is 1.43. The van der Waals surface area contributed by atoms with Crippen molar-refractivity contribution in [2.75, 3.05) is 10.2 Å². The number of nitrogens with zero attached hydrogens (tertiary/aromatic N) is 1. The SMILES string of the molecule is CC(=O)Nc1ccc(N2C(=O)/C(=C/c3ccc(Cl)cc3Cl)SC2=S)cc1. The molecule has 0 bridgehead atoms. The maximum absolute atomic E-state index is 12.8. The molecule has 1 fully saturated rings. The highest BCUT2D eigenvalue weighted by molar-refractivity contribution is 8.27. The van der Waals surface area contributed by atoms with Gasteiger partial charge in [-0.2, -0.15) is 0 Å². The van der Waals surface area contributed by atoms with Crippen molar-refractivity contribution in [3.05, 3.63) is 63.0 Å². The van der Waals surface area contributed by atoms with Crippen LogP contribution in [0.1, 0.15) is 12.5 Å². The van der Waals surface area contributed by atoms with Gasteiger partial charge in [0.05, 0.1) is 10.6 Å². The van der Waals surface area contributed by atoms with Crippen LogP contribution >= 0.6 is 47.2 Å². The quantitative estimate of drug-likeness (QED) is 0.534. The first-order chi connectivity index (χ1) is 12.3. The van der Waals surface area contributed by atoms with Crippen LogP contribution < -0.4 is 10.2 Å². The Morgan fingerprint density at radius 3 is 2.50 bits per heavy atom. The zero-order valence-corrected chi connectivity index (χ0v) is 16.6. The Hall–Kier alpha value is -1.86. The Morgan fingerprint density at radius 2 is 1.88 bits per heavy atom. The summed E-state index contributed by atoms with van der Waals surface area (Å²) < 4.78 is 0.429. The lowest BCUT2D eigenvalue weighted by Gasteiger charge is -2.15. The number of nitrogens with one attached hydrogen (secondary N) is 1. The number of halogens is 2. The molecule has 2 amide bonds. The maximum Gasteiger partial charge on any atom is 0.270 e. The Morgan fingerprint density at radius 1 is 1.19 bits per heavy atom. The number of carbonyl (C=O) groups excluding carboxylic acids is 2. The van der Waals surface area contributed by atoms with E-state index >= 15 is 0 Å². The summed E-state index contributed by atoms with van der Waals surface area (Å²) in [5, 5.41) is 3.67. The van der Waals surface area contributed by atoms with E-state index in [1.807, 2.05) is 0 Å². The summed E-state index contributed by atoms with van der Waals surface area (Å²) in [6, 6.07) is 12.0. The molecule has 26 heavy (non-hydrogen) atoms. The van der Waals surface area contributed by atoms with E-state index in [2.05, 4.69) is 5.32 Å². The van der Waals surface area contributed by atoms with Crippen LogP contribution in [0, 0.1) is 0 Å². The summed E-state index contributed by atoms with van der Waals surface area (Å²) in [5.74, 6) is -0.385. The molecule has 1 N–H and O–H groups in total. The number of benzene rings is 2. The van der Waals surface area contributed by atoms with E-state index in [9.17, 15) is 9.59 Å². The smallest absolute Gasteiger partial charge is 0.270 e. The molecule has 132 valence electrons. The fraction of sp³-hybridized carbons (Fsp3) is 0.0556. The number of hydrogen-bond donors (Lipinski definition) is 1. The Balaban J connectivity index is 1.87. The van der Waals surface area contributed by atoms with Crippen molar-refractivity contribution in [1.82, 2.24) is 0 Å². The second-order valence-corrected chi connectivity index (χ2v) is 7.93. The first kappa shape index (κ1) is 18.9. The summed E-state index contributed by atoms with van der Waals surface area (Å²) in [4.78, 5) is 25.8. The zero-order valence-electron chi connectivity index (χ0n) is 13.5. The van der Waals surface area contributed by atoms with Crippen LogP contribution in [0.4, 0.5) is 11.4 Å². The molecule has 0 aliphatic carbocycles. The number of thioether (sulfide) groups is 1. The van der Waals surface area contributed by atoms with Crippen molar-refractivity contribution in [1.29, 1.82) is 0 Å². The molecule has 0 aromatic heterocycles. The third-order valence-electron chi connectivity index (χ3n) is 3.49. The molecule has 0 saturated carbocycles. The molecule has 8 heteroatoms. The molecule has 2 aromatic carbocycles. The van der Waals surface area contributed by atoms with Crippen molar-refractivity contribution in [3.8, 4) is 0 Å². The summed E-state index contributed by atoms with van der Waals surface area (Å²) >= 11 is 18.6. The summed E-state index contributed by atoms with van der Waals surface area (Å²) in [6.07, 6.45) is 1.70. The molecular weight excluding hydrogens is 411 g/mol. The van der Waals surface area contributed by atoms with Gasteiger partial charge in [0, 0.05) is 22.7 Å². The predicted molar refractivity (Wildman–Crippen MR) is 113 cm³/mol. The average Bonchev–Trinajstić information content (AvgIpc) is 2.84. The molecule has 0 spiro atoms. The standard InChI is InChI=1S/C18H12Cl2N2O2S2/c1-10(23)21-13-4-6-14(7-5-13)22-17(24)16(26-18(22)25)8-11-2-3-12(19)9-15(11)20/h2-9H,1H3,(H,21,23)/b16-8-. The first-order valence-corrected chi connectivity index (χ1v) is 9.44.